The number of aliphatic hydroxyl groups is 1. The van der Waals surface area contributed by atoms with Crippen molar-refractivity contribution < 1.29 is 14.6 Å². The summed E-state index contributed by atoms with van der Waals surface area (Å²) in [4.78, 5) is 13.9. The van der Waals surface area contributed by atoms with E-state index in [4.69, 9.17) is 4.74 Å². The first-order chi connectivity index (χ1) is 7.65. The van der Waals surface area contributed by atoms with Crippen molar-refractivity contribution >= 4 is 6.09 Å². The quantitative estimate of drug-likeness (QED) is 0.769. The van der Waals surface area contributed by atoms with Crippen LogP contribution in [0.15, 0.2) is 0 Å². The van der Waals surface area contributed by atoms with Crippen LogP contribution in [0.25, 0.3) is 0 Å². The van der Waals surface area contributed by atoms with Crippen molar-refractivity contribution in [2.75, 3.05) is 13.2 Å². The molecule has 100 valence electrons. The Morgan fingerprint density at radius 3 is 2.53 bits per heavy atom. The highest BCUT2D eigenvalue weighted by Gasteiger charge is 2.39. The molecule has 1 atom stereocenters. The highest BCUT2D eigenvalue weighted by Crippen LogP contribution is 2.31. The van der Waals surface area contributed by atoms with E-state index < -0.39 is 5.60 Å². The Morgan fingerprint density at radius 1 is 1.47 bits per heavy atom. The molecule has 4 heteroatoms. The van der Waals surface area contributed by atoms with Crippen molar-refractivity contribution in [1.29, 1.82) is 0 Å². The van der Waals surface area contributed by atoms with Crippen molar-refractivity contribution in [3.8, 4) is 0 Å². The first-order valence-corrected chi connectivity index (χ1v) is 6.27. The fourth-order valence-corrected chi connectivity index (χ4v) is 2.08. The summed E-state index contributed by atoms with van der Waals surface area (Å²) in [5, 5.41) is 9.21. The monoisotopic (exact) mass is 243 g/mol. The molecule has 17 heavy (non-hydrogen) atoms. The van der Waals surface area contributed by atoms with Crippen molar-refractivity contribution in [2.45, 2.75) is 58.6 Å². The van der Waals surface area contributed by atoms with Gasteiger partial charge >= 0.3 is 6.09 Å². The molecule has 0 saturated carbocycles. The van der Waals surface area contributed by atoms with Gasteiger partial charge in [0.15, 0.2) is 0 Å². The minimum absolute atomic E-state index is 0.134. The number of hydrogen-bond acceptors (Lipinski definition) is 3. The zero-order chi connectivity index (χ0) is 13.3. The van der Waals surface area contributed by atoms with Crippen LogP contribution in [-0.2, 0) is 4.74 Å². The number of carbonyl (C=O) groups excluding carboxylic acids is 1. The van der Waals surface area contributed by atoms with Crippen LogP contribution in [-0.4, -0.2) is 40.4 Å². The average Bonchev–Trinajstić information content (AvgIpc) is 2.14. The summed E-state index contributed by atoms with van der Waals surface area (Å²) in [6.07, 6.45) is 1.58. The van der Waals surface area contributed by atoms with Crippen LogP contribution in [0.1, 0.15) is 47.5 Å². The van der Waals surface area contributed by atoms with E-state index in [2.05, 4.69) is 0 Å². The average molecular weight is 243 g/mol. The predicted molar refractivity (Wildman–Crippen MR) is 66.8 cm³/mol. The number of nitrogens with zero attached hydrogens (tertiary/aromatic N) is 1. The summed E-state index contributed by atoms with van der Waals surface area (Å²) in [6.45, 7) is 10.4. The molecule has 1 amide bonds. The smallest absolute Gasteiger partial charge is 0.410 e. The minimum atomic E-state index is -0.473. The van der Waals surface area contributed by atoms with Gasteiger partial charge in [-0.25, -0.2) is 4.79 Å². The lowest BCUT2D eigenvalue weighted by molar-refractivity contribution is -0.0211. The summed E-state index contributed by atoms with van der Waals surface area (Å²) < 4.78 is 5.41. The molecule has 1 aliphatic rings. The van der Waals surface area contributed by atoms with E-state index in [1.807, 2.05) is 34.6 Å². The van der Waals surface area contributed by atoms with Gasteiger partial charge in [-0.15, -0.1) is 0 Å². The van der Waals surface area contributed by atoms with Crippen LogP contribution < -0.4 is 0 Å². The van der Waals surface area contributed by atoms with Gasteiger partial charge < -0.3 is 14.7 Å². The molecule has 0 bridgehead atoms. The second kappa shape index (κ2) is 4.84. The molecule has 4 nitrogen and oxygen atoms in total. The molecule has 1 fully saturated rings. The van der Waals surface area contributed by atoms with Crippen LogP contribution in [0.3, 0.4) is 0 Å². The van der Waals surface area contributed by atoms with Gasteiger partial charge in [0.1, 0.15) is 5.60 Å². The number of hydrogen-bond donors (Lipinski definition) is 1. The third kappa shape index (κ3) is 3.87. The first-order valence-electron chi connectivity index (χ1n) is 6.27. The van der Waals surface area contributed by atoms with Crippen LogP contribution >= 0.6 is 0 Å². The molecule has 1 aliphatic heterocycles. The lowest BCUT2D eigenvalue weighted by atomic mass is 9.85. The zero-order valence-electron chi connectivity index (χ0n) is 11.6. The van der Waals surface area contributed by atoms with Crippen molar-refractivity contribution in [2.24, 2.45) is 5.92 Å². The lowest BCUT2D eigenvalue weighted by Crippen LogP contribution is -2.55. The van der Waals surface area contributed by atoms with E-state index in [0.29, 0.717) is 6.54 Å². The number of amides is 1. The van der Waals surface area contributed by atoms with E-state index in [1.165, 1.54) is 0 Å². The first kappa shape index (κ1) is 14.3. The molecular weight excluding hydrogens is 218 g/mol. The van der Waals surface area contributed by atoms with Crippen LogP contribution in [0.4, 0.5) is 4.79 Å². The molecule has 1 unspecified atom stereocenters. The summed E-state index contributed by atoms with van der Waals surface area (Å²) in [5.41, 5.74) is -0.659. The third-order valence-corrected chi connectivity index (χ3v) is 3.21. The maximum absolute atomic E-state index is 12.1. The largest absolute Gasteiger partial charge is 0.444 e. The molecule has 1 saturated heterocycles. The Balaban J connectivity index is 2.74. The number of aliphatic hydroxyl groups excluding tert-OH is 1. The van der Waals surface area contributed by atoms with Gasteiger partial charge in [0.05, 0.1) is 0 Å². The van der Waals surface area contributed by atoms with Gasteiger partial charge in [-0.1, -0.05) is 0 Å². The van der Waals surface area contributed by atoms with Gasteiger partial charge in [-0.2, -0.15) is 0 Å². The molecule has 0 aromatic heterocycles. The molecule has 0 aromatic carbocycles. The van der Waals surface area contributed by atoms with E-state index in [1.54, 1.807) is 4.90 Å². The van der Waals surface area contributed by atoms with Crippen molar-refractivity contribution in [1.82, 2.24) is 4.90 Å². The SMILES string of the molecule is CC(C)(C)OC(=O)N1CC(CO)CCC1(C)C. The summed E-state index contributed by atoms with van der Waals surface area (Å²) in [7, 11) is 0. The maximum Gasteiger partial charge on any atom is 0.410 e. The zero-order valence-corrected chi connectivity index (χ0v) is 11.6. The second-order valence-corrected chi connectivity index (χ2v) is 6.49. The second-order valence-electron chi connectivity index (χ2n) is 6.49. The highest BCUT2D eigenvalue weighted by atomic mass is 16.6. The van der Waals surface area contributed by atoms with E-state index in [-0.39, 0.29) is 24.2 Å². The summed E-state index contributed by atoms with van der Waals surface area (Å²) >= 11 is 0. The number of rotatable bonds is 1. The standard InChI is InChI=1S/C13H25NO3/c1-12(2,3)17-11(16)14-8-10(9-15)6-7-13(14,4)5/h10,15H,6-9H2,1-5H3. The van der Waals surface area contributed by atoms with Gasteiger partial charge in [0.25, 0.3) is 0 Å². The molecule has 0 spiro atoms. The molecule has 0 aromatic rings. The lowest BCUT2D eigenvalue weighted by Gasteiger charge is -2.45. The van der Waals surface area contributed by atoms with E-state index in [9.17, 15) is 9.90 Å². The van der Waals surface area contributed by atoms with Gasteiger partial charge in [0, 0.05) is 18.7 Å². The molecule has 0 aliphatic carbocycles. The van der Waals surface area contributed by atoms with Crippen LogP contribution in [0.2, 0.25) is 0 Å². The number of carbonyl (C=O) groups is 1. The normalized spacial score (nSPS) is 24.6. The molecular formula is C13H25NO3. The summed E-state index contributed by atoms with van der Waals surface area (Å²) in [5.74, 6) is 0.176. The maximum atomic E-state index is 12.1. The van der Waals surface area contributed by atoms with Gasteiger partial charge in [-0.3, -0.25) is 0 Å². The molecule has 1 rings (SSSR count). The number of likely N-dealkylation sites (tertiary alicyclic amines) is 1. The van der Waals surface area contributed by atoms with E-state index >= 15 is 0 Å². The molecule has 0 radical (unpaired) electrons. The van der Waals surface area contributed by atoms with Crippen LogP contribution in [0.5, 0.6) is 0 Å². The highest BCUT2D eigenvalue weighted by molar-refractivity contribution is 5.69. The van der Waals surface area contributed by atoms with Crippen molar-refractivity contribution in [3.63, 3.8) is 0 Å². The fraction of sp³-hybridized carbons (Fsp3) is 0.923. The summed E-state index contributed by atoms with van der Waals surface area (Å²) in [6, 6.07) is 0. The third-order valence-electron chi connectivity index (χ3n) is 3.21. The Hall–Kier alpha value is -0.770. The Kier molecular flexibility index (Phi) is 4.07. The Labute approximate surface area is 104 Å². The minimum Gasteiger partial charge on any atom is -0.444 e. The van der Waals surface area contributed by atoms with Crippen molar-refractivity contribution in [3.05, 3.63) is 0 Å². The Bertz CT molecular complexity index is 281. The Morgan fingerprint density at radius 2 is 2.06 bits per heavy atom. The van der Waals surface area contributed by atoms with Crippen LogP contribution in [0, 0.1) is 5.92 Å². The van der Waals surface area contributed by atoms with Gasteiger partial charge in [0.2, 0.25) is 0 Å². The predicted octanol–water partition coefficient (Wildman–Crippen LogP) is 2.40. The molecule has 1 N–H and O–H groups in total. The fourth-order valence-electron chi connectivity index (χ4n) is 2.08. The molecule has 1 heterocycles. The topological polar surface area (TPSA) is 49.8 Å². The number of ether oxygens (including phenoxy) is 1. The van der Waals surface area contributed by atoms with E-state index in [0.717, 1.165) is 12.8 Å². The van der Waals surface area contributed by atoms with Gasteiger partial charge in [-0.05, 0) is 53.4 Å². The number of piperidine rings is 1.